The van der Waals surface area contributed by atoms with E-state index in [0.717, 1.165) is 5.76 Å². The van der Waals surface area contributed by atoms with Crippen LogP contribution in [0.1, 0.15) is 12.7 Å². The molecule has 0 fully saturated rings. The van der Waals surface area contributed by atoms with Crippen LogP contribution in [0.15, 0.2) is 35.5 Å². The van der Waals surface area contributed by atoms with Crippen molar-refractivity contribution in [3.8, 4) is 0 Å². The number of amides is 1. The summed E-state index contributed by atoms with van der Waals surface area (Å²) < 4.78 is 5.13. The van der Waals surface area contributed by atoms with Crippen LogP contribution in [0, 0.1) is 0 Å². The standard InChI is InChI=1S/C10H13NO2/c1-3-10(12)11(4-2)8-9-6-5-7-13-9/h3,5-7H,1,4,8H2,2H3. The van der Waals surface area contributed by atoms with Gasteiger partial charge in [-0.25, -0.2) is 0 Å². The first kappa shape index (κ1) is 9.58. The number of hydrogen-bond acceptors (Lipinski definition) is 2. The molecule has 0 aliphatic rings. The maximum Gasteiger partial charge on any atom is 0.246 e. The summed E-state index contributed by atoms with van der Waals surface area (Å²) in [6, 6.07) is 3.65. The molecular formula is C10H13NO2. The largest absolute Gasteiger partial charge is 0.467 e. The summed E-state index contributed by atoms with van der Waals surface area (Å²) in [5, 5.41) is 0. The fourth-order valence-corrected chi connectivity index (χ4v) is 1.07. The maximum absolute atomic E-state index is 11.2. The fourth-order valence-electron chi connectivity index (χ4n) is 1.07. The van der Waals surface area contributed by atoms with Crippen molar-refractivity contribution in [2.75, 3.05) is 6.54 Å². The van der Waals surface area contributed by atoms with Crippen molar-refractivity contribution in [1.82, 2.24) is 4.90 Å². The molecule has 13 heavy (non-hydrogen) atoms. The first-order valence-electron chi connectivity index (χ1n) is 4.21. The highest BCUT2D eigenvalue weighted by atomic mass is 16.3. The lowest BCUT2D eigenvalue weighted by atomic mass is 10.4. The molecule has 0 atom stereocenters. The third kappa shape index (κ3) is 2.47. The molecule has 0 unspecified atom stereocenters. The van der Waals surface area contributed by atoms with Gasteiger partial charge < -0.3 is 9.32 Å². The molecule has 3 nitrogen and oxygen atoms in total. The van der Waals surface area contributed by atoms with Crippen LogP contribution in [0.3, 0.4) is 0 Å². The van der Waals surface area contributed by atoms with Crippen molar-refractivity contribution in [2.24, 2.45) is 0 Å². The van der Waals surface area contributed by atoms with Crippen molar-refractivity contribution in [1.29, 1.82) is 0 Å². The molecular weight excluding hydrogens is 166 g/mol. The van der Waals surface area contributed by atoms with E-state index in [1.54, 1.807) is 11.2 Å². The van der Waals surface area contributed by atoms with Gasteiger partial charge in [-0.05, 0) is 25.1 Å². The summed E-state index contributed by atoms with van der Waals surface area (Å²) in [5.41, 5.74) is 0. The number of furan rings is 1. The Labute approximate surface area is 77.6 Å². The summed E-state index contributed by atoms with van der Waals surface area (Å²) in [4.78, 5) is 12.9. The topological polar surface area (TPSA) is 33.5 Å². The molecule has 1 rings (SSSR count). The number of carbonyl (C=O) groups excluding carboxylic acids is 1. The molecule has 0 aliphatic carbocycles. The number of rotatable bonds is 4. The van der Waals surface area contributed by atoms with E-state index in [2.05, 4.69) is 6.58 Å². The third-order valence-electron chi connectivity index (χ3n) is 1.79. The Bertz CT molecular complexity index is 277. The SMILES string of the molecule is C=CC(=O)N(CC)Cc1ccco1. The second kappa shape index (κ2) is 4.50. The zero-order valence-electron chi connectivity index (χ0n) is 7.69. The van der Waals surface area contributed by atoms with Crippen LogP contribution in [-0.2, 0) is 11.3 Å². The predicted octanol–water partition coefficient (Wildman–Crippen LogP) is 1.81. The van der Waals surface area contributed by atoms with E-state index in [1.165, 1.54) is 6.08 Å². The Kier molecular flexibility index (Phi) is 3.31. The van der Waals surface area contributed by atoms with Crippen molar-refractivity contribution < 1.29 is 9.21 Å². The minimum atomic E-state index is -0.0705. The number of carbonyl (C=O) groups is 1. The van der Waals surface area contributed by atoms with Crippen molar-refractivity contribution in [3.63, 3.8) is 0 Å². The lowest BCUT2D eigenvalue weighted by Crippen LogP contribution is -2.28. The number of hydrogen-bond donors (Lipinski definition) is 0. The van der Waals surface area contributed by atoms with Gasteiger partial charge in [-0.3, -0.25) is 4.79 Å². The molecule has 1 aromatic heterocycles. The van der Waals surface area contributed by atoms with Gasteiger partial charge in [-0.1, -0.05) is 6.58 Å². The molecule has 3 heteroatoms. The molecule has 1 aromatic rings. The zero-order chi connectivity index (χ0) is 9.68. The monoisotopic (exact) mass is 179 g/mol. The third-order valence-corrected chi connectivity index (χ3v) is 1.79. The van der Waals surface area contributed by atoms with Crippen molar-refractivity contribution in [3.05, 3.63) is 36.8 Å². The van der Waals surface area contributed by atoms with E-state index < -0.39 is 0 Å². The normalized spacial score (nSPS) is 9.62. The van der Waals surface area contributed by atoms with Crippen molar-refractivity contribution >= 4 is 5.91 Å². The summed E-state index contributed by atoms with van der Waals surface area (Å²) in [7, 11) is 0. The van der Waals surface area contributed by atoms with E-state index in [9.17, 15) is 4.79 Å². The number of nitrogens with zero attached hydrogens (tertiary/aromatic N) is 1. The van der Waals surface area contributed by atoms with Gasteiger partial charge in [0.1, 0.15) is 5.76 Å². The first-order valence-corrected chi connectivity index (χ1v) is 4.21. The summed E-state index contributed by atoms with van der Waals surface area (Å²) in [5.74, 6) is 0.718. The van der Waals surface area contributed by atoms with E-state index >= 15 is 0 Å². The van der Waals surface area contributed by atoms with Gasteiger partial charge in [0, 0.05) is 6.54 Å². The van der Waals surface area contributed by atoms with Crippen LogP contribution in [0.2, 0.25) is 0 Å². The Morgan fingerprint density at radius 1 is 1.77 bits per heavy atom. The van der Waals surface area contributed by atoms with Gasteiger partial charge in [0.25, 0.3) is 0 Å². The first-order chi connectivity index (χ1) is 6.27. The highest BCUT2D eigenvalue weighted by Gasteiger charge is 2.09. The summed E-state index contributed by atoms with van der Waals surface area (Å²) in [6.45, 7) is 6.52. The van der Waals surface area contributed by atoms with Crippen LogP contribution in [0.4, 0.5) is 0 Å². The molecule has 1 amide bonds. The molecule has 70 valence electrons. The highest BCUT2D eigenvalue weighted by molar-refractivity contribution is 5.86. The Balaban J connectivity index is 2.59. The van der Waals surface area contributed by atoms with E-state index in [-0.39, 0.29) is 5.91 Å². The van der Waals surface area contributed by atoms with Crippen molar-refractivity contribution in [2.45, 2.75) is 13.5 Å². The Hall–Kier alpha value is -1.51. The van der Waals surface area contributed by atoms with Crippen LogP contribution < -0.4 is 0 Å². The van der Waals surface area contributed by atoms with Crippen LogP contribution in [-0.4, -0.2) is 17.4 Å². The lowest BCUT2D eigenvalue weighted by Gasteiger charge is -2.16. The minimum absolute atomic E-state index is 0.0705. The van der Waals surface area contributed by atoms with Crippen LogP contribution in [0.5, 0.6) is 0 Å². The van der Waals surface area contributed by atoms with E-state index in [0.29, 0.717) is 13.1 Å². The fraction of sp³-hybridized carbons (Fsp3) is 0.300. The van der Waals surface area contributed by atoms with Gasteiger partial charge in [-0.2, -0.15) is 0 Å². The molecule has 0 saturated heterocycles. The quantitative estimate of drug-likeness (QED) is 0.660. The molecule has 0 aromatic carbocycles. The molecule has 1 heterocycles. The van der Waals surface area contributed by atoms with Gasteiger partial charge in [-0.15, -0.1) is 0 Å². The summed E-state index contributed by atoms with van der Waals surface area (Å²) in [6.07, 6.45) is 2.91. The lowest BCUT2D eigenvalue weighted by molar-refractivity contribution is -0.126. The number of likely N-dealkylation sites (N-methyl/N-ethyl adjacent to an activating group) is 1. The maximum atomic E-state index is 11.2. The molecule has 0 spiro atoms. The highest BCUT2D eigenvalue weighted by Crippen LogP contribution is 2.05. The van der Waals surface area contributed by atoms with Gasteiger partial charge in [0.2, 0.25) is 5.91 Å². The smallest absolute Gasteiger partial charge is 0.246 e. The second-order valence-electron chi connectivity index (χ2n) is 2.64. The minimum Gasteiger partial charge on any atom is -0.467 e. The molecule has 0 aliphatic heterocycles. The van der Waals surface area contributed by atoms with Gasteiger partial charge in [0.05, 0.1) is 12.8 Å². The van der Waals surface area contributed by atoms with Crippen LogP contribution in [0.25, 0.3) is 0 Å². The zero-order valence-corrected chi connectivity index (χ0v) is 7.69. The summed E-state index contributed by atoms with van der Waals surface area (Å²) >= 11 is 0. The van der Waals surface area contributed by atoms with Gasteiger partial charge >= 0.3 is 0 Å². The predicted molar refractivity (Wildman–Crippen MR) is 50.0 cm³/mol. The average molecular weight is 179 g/mol. The molecule has 0 bridgehead atoms. The van der Waals surface area contributed by atoms with E-state index in [1.807, 2.05) is 19.1 Å². The van der Waals surface area contributed by atoms with Crippen LogP contribution >= 0.6 is 0 Å². The molecule has 0 radical (unpaired) electrons. The van der Waals surface area contributed by atoms with Gasteiger partial charge in [0.15, 0.2) is 0 Å². The molecule has 0 N–H and O–H groups in total. The molecule has 0 saturated carbocycles. The average Bonchev–Trinajstić information content (AvgIpc) is 2.65. The Morgan fingerprint density at radius 2 is 2.54 bits per heavy atom. The Morgan fingerprint density at radius 3 is 3.00 bits per heavy atom. The second-order valence-corrected chi connectivity index (χ2v) is 2.64. The van der Waals surface area contributed by atoms with E-state index in [4.69, 9.17) is 4.42 Å².